The van der Waals surface area contributed by atoms with Crippen molar-refractivity contribution in [3.8, 4) is 0 Å². The molecule has 2 heterocycles. The number of fused-ring (bicyclic) bond motifs is 1. The molecule has 1 aromatic heterocycles. The molecule has 0 spiro atoms. The van der Waals surface area contributed by atoms with Gasteiger partial charge >= 0.3 is 0 Å². The number of carbonyl (C=O) groups excluding carboxylic acids is 1. The SMILES string of the molecule is CCC(C)(C)n1ccc2c1N(C1CC1)C(NC(=O)c1ccc(C)cc1)N=C2. The quantitative estimate of drug-likeness (QED) is 0.870. The fraction of sp³-hybridized carbons (Fsp3) is 0.455. The topological polar surface area (TPSA) is 49.6 Å². The number of nitrogens with one attached hydrogen (secondary N) is 1. The second-order valence-electron chi connectivity index (χ2n) is 8.26. The molecule has 1 unspecified atom stereocenters. The van der Waals surface area contributed by atoms with Crippen molar-refractivity contribution in [3.63, 3.8) is 0 Å². The predicted octanol–water partition coefficient (Wildman–Crippen LogP) is 4.06. The summed E-state index contributed by atoms with van der Waals surface area (Å²) in [5, 5.41) is 3.13. The largest absolute Gasteiger partial charge is 0.328 e. The van der Waals surface area contributed by atoms with Gasteiger partial charge in [0, 0.05) is 35.1 Å². The van der Waals surface area contributed by atoms with Crippen LogP contribution in [0.2, 0.25) is 0 Å². The standard InChI is InChI=1S/C22H28N4O/c1-5-22(3,4)25-13-12-17-14-23-21(26(20(17)25)18-10-11-18)24-19(27)16-8-6-15(2)7-9-16/h6-9,12-14,18,21H,5,10-11H2,1-4H3,(H,24,27). The summed E-state index contributed by atoms with van der Waals surface area (Å²) in [6.45, 7) is 8.74. The fourth-order valence-electron chi connectivity index (χ4n) is 3.55. The van der Waals surface area contributed by atoms with E-state index in [-0.39, 0.29) is 17.7 Å². The van der Waals surface area contributed by atoms with E-state index in [0.717, 1.165) is 30.4 Å². The number of amides is 1. The molecule has 1 N–H and O–H groups in total. The van der Waals surface area contributed by atoms with Crippen LogP contribution in [0.4, 0.5) is 5.82 Å². The Kier molecular flexibility index (Phi) is 4.33. The molecule has 0 bridgehead atoms. The van der Waals surface area contributed by atoms with Gasteiger partial charge in [-0.2, -0.15) is 0 Å². The lowest BCUT2D eigenvalue weighted by Crippen LogP contribution is -2.51. The van der Waals surface area contributed by atoms with E-state index in [1.54, 1.807) is 0 Å². The van der Waals surface area contributed by atoms with Crippen molar-refractivity contribution in [2.45, 2.75) is 64.8 Å². The van der Waals surface area contributed by atoms with E-state index in [4.69, 9.17) is 0 Å². The van der Waals surface area contributed by atoms with Crippen LogP contribution in [0, 0.1) is 6.92 Å². The maximum Gasteiger partial charge on any atom is 0.254 e. The highest BCUT2D eigenvalue weighted by atomic mass is 16.2. The molecule has 1 atom stereocenters. The summed E-state index contributed by atoms with van der Waals surface area (Å²) < 4.78 is 2.34. The number of hydrogen-bond acceptors (Lipinski definition) is 3. The maximum absolute atomic E-state index is 12.8. The molecular formula is C22H28N4O. The van der Waals surface area contributed by atoms with Gasteiger partial charge in [0.25, 0.3) is 5.91 Å². The second kappa shape index (κ2) is 6.55. The molecule has 27 heavy (non-hydrogen) atoms. The van der Waals surface area contributed by atoms with Gasteiger partial charge in [-0.25, -0.2) is 4.99 Å². The molecule has 5 nitrogen and oxygen atoms in total. The molecule has 142 valence electrons. The van der Waals surface area contributed by atoms with E-state index < -0.39 is 0 Å². The lowest BCUT2D eigenvalue weighted by molar-refractivity contribution is 0.0936. The molecule has 0 radical (unpaired) electrons. The average Bonchev–Trinajstić information content (AvgIpc) is 3.39. The molecule has 2 aliphatic rings. The van der Waals surface area contributed by atoms with Crippen molar-refractivity contribution >= 4 is 17.9 Å². The smallest absolute Gasteiger partial charge is 0.254 e. The number of aryl methyl sites for hydroxylation is 1. The Balaban J connectivity index is 1.65. The zero-order valence-corrected chi connectivity index (χ0v) is 16.6. The monoisotopic (exact) mass is 364 g/mol. The molecule has 1 aliphatic carbocycles. The van der Waals surface area contributed by atoms with Gasteiger partial charge in [0.05, 0.1) is 0 Å². The van der Waals surface area contributed by atoms with Crippen LogP contribution in [0.5, 0.6) is 0 Å². The number of hydrogen-bond donors (Lipinski definition) is 1. The third-order valence-electron chi connectivity index (χ3n) is 5.78. The van der Waals surface area contributed by atoms with E-state index in [9.17, 15) is 4.79 Å². The van der Waals surface area contributed by atoms with Crippen LogP contribution < -0.4 is 10.2 Å². The van der Waals surface area contributed by atoms with E-state index in [2.05, 4.69) is 52.8 Å². The van der Waals surface area contributed by atoms with Crippen molar-refractivity contribution in [2.75, 3.05) is 4.90 Å². The van der Waals surface area contributed by atoms with Crippen LogP contribution >= 0.6 is 0 Å². The van der Waals surface area contributed by atoms with E-state index in [0.29, 0.717) is 11.6 Å². The van der Waals surface area contributed by atoms with Gasteiger partial charge in [0.2, 0.25) is 0 Å². The number of aliphatic imine (C=N–C) groups is 1. The van der Waals surface area contributed by atoms with Gasteiger partial charge in [0.1, 0.15) is 5.82 Å². The highest BCUT2D eigenvalue weighted by Gasteiger charge is 2.40. The zero-order chi connectivity index (χ0) is 19.2. The van der Waals surface area contributed by atoms with Gasteiger partial charge < -0.3 is 14.8 Å². The summed E-state index contributed by atoms with van der Waals surface area (Å²) in [5.41, 5.74) is 2.95. The Morgan fingerprint density at radius 2 is 1.93 bits per heavy atom. The average molecular weight is 364 g/mol. The maximum atomic E-state index is 12.8. The molecule has 1 saturated carbocycles. The molecule has 1 fully saturated rings. The first-order chi connectivity index (χ1) is 12.9. The third-order valence-corrected chi connectivity index (χ3v) is 5.78. The molecule has 1 amide bonds. The van der Waals surface area contributed by atoms with E-state index in [1.165, 1.54) is 5.82 Å². The Labute approximate surface area is 161 Å². The van der Waals surface area contributed by atoms with Crippen LogP contribution in [0.3, 0.4) is 0 Å². The molecule has 2 aromatic rings. The first kappa shape index (κ1) is 17.8. The van der Waals surface area contributed by atoms with E-state index in [1.807, 2.05) is 37.4 Å². The number of carbonyl (C=O) groups is 1. The minimum absolute atomic E-state index is 0.0113. The Bertz CT molecular complexity index is 874. The number of aromatic nitrogens is 1. The first-order valence-electron chi connectivity index (χ1n) is 9.81. The van der Waals surface area contributed by atoms with Gasteiger partial charge in [-0.1, -0.05) is 24.6 Å². The van der Waals surface area contributed by atoms with Gasteiger partial charge in [-0.15, -0.1) is 0 Å². The van der Waals surface area contributed by atoms with Crippen LogP contribution in [-0.4, -0.2) is 29.0 Å². The lowest BCUT2D eigenvalue weighted by Gasteiger charge is -2.38. The van der Waals surface area contributed by atoms with Crippen LogP contribution in [-0.2, 0) is 5.54 Å². The van der Waals surface area contributed by atoms with Crippen molar-refractivity contribution in [3.05, 3.63) is 53.2 Å². The van der Waals surface area contributed by atoms with Gasteiger partial charge in [-0.3, -0.25) is 4.79 Å². The molecule has 1 aliphatic heterocycles. The fourth-order valence-corrected chi connectivity index (χ4v) is 3.55. The van der Waals surface area contributed by atoms with Crippen LogP contribution in [0.15, 0.2) is 41.5 Å². The Morgan fingerprint density at radius 3 is 2.56 bits per heavy atom. The third kappa shape index (κ3) is 3.27. The first-order valence-corrected chi connectivity index (χ1v) is 9.81. The lowest BCUT2D eigenvalue weighted by atomic mass is 10.0. The summed E-state index contributed by atoms with van der Waals surface area (Å²) in [6.07, 6.45) is 7.01. The predicted molar refractivity (Wildman–Crippen MR) is 110 cm³/mol. The van der Waals surface area contributed by atoms with Crippen molar-refractivity contribution in [1.29, 1.82) is 0 Å². The summed E-state index contributed by atoms with van der Waals surface area (Å²) in [6, 6.07) is 10.2. The van der Waals surface area contributed by atoms with Crippen molar-refractivity contribution in [1.82, 2.24) is 9.88 Å². The van der Waals surface area contributed by atoms with E-state index >= 15 is 0 Å². The zero-order valence-electron chi connectivity index (χ0n) is 16.6. The van der Waals surface area contributed by atoms with Crippen molar-refractivity contribution in [2.24, 2.45) is 4.99 Å². The normalized spacial score (nSPS) is 19.1. The summed E-state index contributed by atoms with van der Waals surface area (Å²) in [5.74, 6) is 1.09. The highest BCUT2D eigenvalue weighted by molar-refractivity contribution is 5.96. The van der Waals surface area contributed by atoms with Crippen LogP contribution in [0.1, 0.15) is 61.5 Å². The summed E-state index contributed by atoms with van der Waals surface area (Å²) in [7, 11) is 0. The summed E-state index contributed by atoms with van der Waals surface area (Å²) >= 11 is 0. The number of benzene rings is 1. The number of rotatable bonds is 5. The Morgan fingerprint density at radius 1 is 1.22 bits per heavy atom. The van der Waals surface area contributed by atoms with Crippen molar-refractivity contribution < 1.29 is 4.79 Å². The van der Waals surface area contributed by atoms with Crippen LogP contribution in [0.25, 0.3) is 0 Å². The molecule has 0 saturated heterocycles. The minimum atomic E-state index is -0.361. The minimum Gasteiger partial charge on any atom is -0.328 e. The van der Waals surface area contributed by atoms with Gasteiger partial charge in [-0.05, 0) is 58.2 Å². The van der Waals surface area contributed by atoms with Gasteiger partial charge in [0.15, 0.2) is 6.29 Å². The number of nitrogens with zero attached hydrogens (tertiary/aromatic N) is 3. The molecule has 1 aromatic carbocycles. The molecule has 5 heteroatoms. The summed E-state index contributed by atoms with van der Waals surface area (Å²) in [4.78, 5) is 19.8. The molecule has 4 rings (SSSR count). The second-order valence-corrected chi connectivity index (χ2v) is 8.26. The molecular weight excluding hydrogens is 336 g/mol. The highest BCUT2D eigenvalue weighted by Crippen LogP contribution is 2.40. The Hall–Kier alpha value is -2.56. The number of anilines is 1.